The fourth-order valence-corrected chi connectivity index (χ4v) is 2.75. The number of aliphatic hydroxyl groups is 1. The van der Waals surface area contributed by atoms with Gasteiger partial charge in [0.05, 0.1) is 20.8 Å². The Kier molecular flexibility index (Phi) is 8.30. The Labute approximate surface area is 164 Å². The van der Waals surface area contributed by atoms with Crippen LogP contribution in [0.1, 0.15) is 11.1 Å². The van der Waals surface area contributed by atoms with Crippen LogP contribution in [0.15, 0.2) is 48.5 Å². The molecule has 2 aromatic rings. The average molecular weight is 386 g/mol. The molecule has 150 valence electrons. The highest BCUT2D eigenvalue weighted by atomic mass is 16.5. The van der Waals surface area contributed by atoms with Crippen LogP contribution in [0.2, 0.25) is 0 Å². The molecular weight excluding hydrogens is 360 g/mol. The summed E-state index contributed by atoms with van der Waals surface area (Å²) in [5.41, 5.74) is 1.84. The summed E-state index contributed by atoms with van der Waals surface area (Å²) in [6, 6.07) is 14.8. The van der Waals surface area contributed by atoms with E-state index >= 15 is 0 Å². The van der Waals surface area contributed by atoms with E-state index < -0.39 is 11.8 Å². The Balaban J connectivity index is 1.90. The quantitative estimate of drug-likeness (QED) is 0.636. The molecule has 28 heavy (non-hydrogen) atoms. The van der Waals surface area contributed by atoms with Gasteiger partial charge >= 0.3 is 11.8 Å². The minimum absolute atomic E-state index is 0.0941. The molecule has 0 heterocycles. The molecule has 7 nitrogen and oxygen atoms in total. The number of methoxy groups -OCH3 is 2. The number of benzene rings is 2. The van der Waals surface area contributed by atoms with Crippen LogP contribution in [-0.2, 0) is 22.6 Å². The normalized spacial score (nSPS) is 10.2. The van der Waals surface area contributed by atoms with Crippen molar-refractivity contribution < 1.29 is 24.2 Å². The monoisotopic (exact) mass is 386 g/mol. The number of amides is 2. The van der Waals surface area contributed by atoms with Crippen molar-refractivity contribution in [3.05, 3.63) is 59.7 Å². The molecule has 0 spiro atoms. The van der Waals surface area contributed by atoms with E-state index in [1.165, 1.54) is 4.90 Å². The van der Waals surface area contributed by atoms with Crippen LogP contribution >= 0.6 is 0 Å². The number of nitrogens with one attached hydrogen (secondary N) is 1. The van der Waals surface area contributed by atoms with Crippen LogP contribution < -0.4 is 14.8 Å². The molecule has 0 unspecified atom stereocenters. The van der Waals surface area contributed by atoms with Gasteiger partial charge in [-0.3, -0.25) is 9.59 Å². The minimum Gasteiger partial charge on any atom is -0.493 e. The molecule has 0 aliphatic rings. The van der Waals surface area contributed by atoms with Crippen LogP contribution in [0.25, 0.3) is 0 Å². The van der Waals surface area contributed by atoms with Gasteiger partial charge in [-0.15, -0.1) is 0 Å². The second-order valence-corrected chi connectivity index (χ2v) is 6.13. The molecule has 0 fully saturated rings. The number of ether oxygens (including phenoxy) is 2. The third-order valence-electron chi connectivity index (χ3n) is 4.21. The van der Waals surface area contributed by atoms with Gasteiger partial charge in [0.25, 0.3) is 0 Å². The Morgan fingerprint density at radius 3 is 2.36 bits per heavy atom. The zero-order valence-corrected chi connectivity index (χ0v) is 16.2. The molecule has 2 amide bonds. The predicted molar refractivity (Wildman–Crippen MR) is 105 cm³/mol. The molecule has 7 heteroatoms. The van der Waals surface area contributed by atoms with Crippen molar-refractivity contribution in [3.63, 3.8) is 0 Å². The van der Waals surface area contributed by atoms with E-state index in [-0.39, 0.29) is 19.7 Å². The van der Waals surface area contributed by atoms with Gasteiger partial charge in [-0.1, -0.05) is 36.4 Å². The van der Waals surface area contributed by atoms with E-state index in [4.69, 9.17) is 9.47 Å². The zero-order valence-electron chi connectivity index (χ0n) is 16.2. The second-order valence-electron chi connectivity index (χ2n) is 6.13. The lowest BCUT2D eigenvalue weighted by atomic mass is 10.1. The molecule has 2 rings (SSSR count). The highest BCUT2D eigenvalue weighted by Crippen LogP contribution is 2.27. The molecule has 0 bridgehead atoms. The third-order valence-corrected chi connectivity index (χ3v) is 4.21. The molecule has 0 aliphatic heterocycles. The number of carbonyl (C=O) groups is 2. The first-order chi connectivity index (χ1) is 13.6. The lowest BCUT2D eigenvalue weighted by Gasteiger charge is -2.21. The fraction of sp³-hybridized carbons (Fsp3) is 0.333. The van der Waals surface area contributed by atoms with Gasteiger partial charge in [0.15, 0.2) is 11.5 Å². The molecule has 0 saturated heterocycles. The van der Waals surface area contributed by atoms with Crippen molar-refractivity contribution in [2.24, 2.45) is 0 Å². The van der Waals surface area contributed by atoms with Crippen molar-refractivity contribution >= 4 is 11.8 Å². The number of carbonyl (C=O) groups excluding carboxylic acids is 2. The Hall–Kier alpha value is -3.06. The van der Waals surface area contributed by atoms with Crippen molar-refractivity contribution in [1.82, 2.24) is 10.2 Å². The average Bonchev–Trinajstić information content (AvgIpc) is 2.73. The molecular formula is C21H26N2O5. The largest absolute Gasteiger partial charge is 0.493 e. The number of hydrogen-bond donors (Lipinski definition) is 2. The molecule has 0 aromatic heterocycles. The molecule has 0 radical (unpaired) electrons. The summed E-state index contributed by atoms with van der Waals surface area (Å²) < 4.78 is 10.5. The van der Waals surface area contributed by atoms with E-state index in [1.807, 2.05) is 42.5 Å². The number of nitrogens with zero attached hydrogens (tertiary/aromatic N) is 1. The summed E-state index contributed by atoms with van der Waals surface area (Å²) in [6.07, 6.45) is 0.540. The summed E-state index contributed by atoms with van der Waals surface area (Å²) >= 11 is 0. The van der Waals surface area contributed by atoms with Crippen LogP contribution in [0.3, 0.4) is 0 Å². The summed E-state index contributed by atoms with van der Waals surface area (Å²) in [5, 5.41) is 11.9. The third kappa shape index (κ3) is 5.99. The van der Waals surface area contributed by atoms with Gasteiger partial charge in [0, 0.05) is 19.6 Å². The van der Waals surface area contributed by atoms with Gasteiger partial charge in [0.2, 0.25) is 0 Å². The fourth-order valence-electron chi connectivity index (χ4n) is 2.75. The number of aliphatic hydroxyl groups excluding tert-OH is 1. The van der Waals surface area contributed by atoms with Crippen molar-refractivity contribution in [2.75, 3.05) is 33.9 Å². The summed E-state index contributed by atoms with van der Waals surface area (Å²) in [4.78, 5) is 26.0. The Bertz CT molecular complexity index is 780. The van der Waals surface area contributed by atoms with E-state index in [1.54, 1.807) is 20.3 Å². The van der Waals surface area contributed by atoms with Crippen LogP contribution in [-0.4, -0.2) is 55.7 Å². The summed E-state index contributed by atoms with van der Waals surface area (Å²) in [6.45, 7) is 0.454. The number of hydrogen-bond acceptors (Lipinski definition) is 5. The van der Waals surface area contributed by atoms with Crippen molar-refractivity contribution in [3.8, 4) is 11.5 Å². The van der Waals surface area contributed by atoms with E-state index in [0.717, 1.165) is 11.1 Å². The van der Waals surface area contributed by atoms with E-state index in [9.17, 15) is 14.7 Å². The smallest absolute Gasteiger partial charge is 0.312 e. The lowest BCUT2D eigenvalue weighted by molar-refractivity contribution is -0.146. The maximum atomic E-state index is 12.4. The maximum Gasteiger partial charge on any atom is 0.312 e. The number of rotatable bonds is 9. The first kappa shape index (κ1) is 21.2. The van der Waals surface area contributed by atoms with Crippen molar-refractivity contribution in [2.45, 2.75) is 13.0 Å². The molecule has 2 N–H and O–H groups in total. The standard InChI is InChI=1S/C21H26N2O5/c1-27-18-9-8-16(14-19(18)28-2)10-11-22-20(25)21(26)23(12-13-24)15-17-6-4-3-5-7-17/h3-9,14,24H,10-13,15H2,1-2H3,(H,22,25). The molecule has 0 aliphatic carbocycles. The van der Waals surface area contributed by atoms with Gasteiger partial charge in [-0.05, 0) is 29.7 Å². The lowest BCUT2D eigenvalue weighted by Crippen LogP contribution is -2.44. The van der Waals surface area contributed by atoms with Crippen LogP contribution in [0.5, 0.6) is 11.5 Å². The van der Waals surface area contributed by atoms with Gasteiger partial charge < -0.3 is 24.8 Å². The second kappa shape index (κ2) is 10.9. The van der Waals surface area contributed by atoms with E-state index in [2.05, 4.69) is 5.32 Å². The van der Waals surface area contributed by atoms with Crippen LogP contribution in [0.4, 0.5) is 0 Å². The van der Waals surface area contributed by atoms with Gasteiger partial charge in [0.1, 0.15) is 0 Å². The SMILES string of the molecule is COc1ccc(CCNC(=O)C(=O)N(CCO)Cc2ccccc2)cc1OC. The van der Waals surface area contributed by atoms with Gasteiger partial charge in [-0.2, -0.15) is 0 Å². The maximum absolute atomic E-state index is 12.4. The minimum atomic E-state index is -0.690. The highest BCUT2D eigenvalue weighted by Gasteiger charge is 2.21. The van der Waals surface area contributed by atoms with E-state index in [0.29, 0.717) is 24.5 Å². The van der Waals surface area contributed by atoms with Gasteiger partial charge in [-0.25, -0.2) is 0 Å². The first-order valence-electron chi connectivity index (χ1n) is 9.01. The van der Waals surface area contributed by atoms with Crippen LogP contribution in [0, 0.1) is 0 Å². The molecule has 0 atom stereocenters. The highest BCUT2D eigenvalue weighted by molar-refractivity contribution is 6.34. The zero-order chi connectivity index (χ0) is 20.4. The summed E-state index contributed by atoms with van der Waals surface area (Å²) in [7, 11) is 3.13. The Morgan fingerprint density at radius 2 is 1.71 bits per heavy atom. The molecule has 2 aromatic carbocycles. The summed E-state index contributed by atoms with van der Waals surface area (Å²) in [5.74, 6) is -0.111. The Morgan fingerprint density at radius 1 is 1.00 bits per heavy atom. The predicted octanol–water partition coefficient (Wildman–Crippen LogP) is 1.38. The van der Waals surface area contributed by atoms with Crippen molar-refractivity contribution in [1.29, 1.82) is 0 Å². The first-order valence-corrected chi connectivity index (χ1v) is 9.01. The topological polar surface area (TPSA) is 88.1 Å². The molecule has 0 saturated carbocycles.